The largest absolute Gasteiger partial charge is 0.352 e. The maximum Gasteiger partial charge on any atom is 0.225 e. The van der Waals surface area contributed by atoms with Gasteiger partial charge in [-0.25, -0.2) is 4.39 Å². The van der Waals surface area contributed by atoms with Gasteiger partial charge in [-0.05, 0) is 44.0 Å². The Bertz CT molecular complexity index is 432. The molecule has 0 bridgehead atoms. The molecule has 0 aliphatic carbocycles. The van der Waals surface area contributed by atoms with Gasteiger partial charge in [-0.3, -0.25) is 4.79 Å². The minimum Gasteiger partial charge on any atom is -0.352 e. The minimum atomic E-state index is -0.266. The standard InChI is InChI=1S/C10H20N2O.C7H7F.C2H6/c1-10(2,3)9(13)12-8-5-4-6-11-7-8;1-6-3-2-4-7(8)5-6;1-2/h8,11H,4-7H2,1-3H3,(H,12,13);2-5H,1H3;1-2H3. The number of piperidine rings is 1. The molecule has 1 fully saturated rings. The number of halogens is 1. The van der Waals surface area contributed by atoms with E-state index in [9.17, 15) is 9.18 Å². The SMILES string of the molecule is CC.CC(C)(C)C(=O)NC1CCCNC1.Cc1cccc(F)c1. The predicted octanol–water partition coefficient (Wildman–Crippen LogP) is 4.06. The molecule has 1 saturated heterocycles. The third kappa shape index (κ3) is 10.1. The second-order valence-electron chi connectivity index (χ2n) is 6.57. The van der Waals surface area contributed by atoms with E-state index in [4.69, 9.17) is 0 Å². The summed E-state index contributed by atoms with van der Waals surface area (Å²) in [5.41, 5.74) is 0.697. The zero-order valence-corrected chi connectivity index (χ0v) is 15.5. The summed E-state index contributed by atoms with van der Waals surface area (Å²) < 4.78 is 12.2. The summed E-state index contributed by atoms with van der Waals surface area (Å²) in [5, 5.41) is 6.33. The first-order valence-corrected chi connectivity index (χ1v) is 8.53. The second-order valence-corrected chi connectivity index (χ2v) is 6.57. The Kier molecular flexibility index (Phi) is 10.5. The van der Waals surface area contributed by atoms with Crippen molar-refractivity contribution >= 4 is 5.91 Å². The Morgan fingerprint density at radius 1 is 1.30 bits per heavy atom. The van der Waals surface area contributed by atoms with Crippen LogP contribution < -0.4 is 10.6 Å². The Morgan fingerprint density at radius 2 is 1.96 bits per heavy atom. The smallest absolute Gasteiger partial charge is 0.225 e. The molecule has 2 rings (SSSR count). The summed E-state index contributed by atoms with van der Waals surface area (Å²) >= 11 is 0. The van der Waals surface area contributed by atoms with Crippen molar-refractivity contribution < 1.29 is 9.18 Å². The molecule has 1 aliphatic rings. The first-order valence-electron chi connectivity index (χ1n) is 8.53. The van der Waals surface area contributed by atoms with Gasteiger partial charge in [-0.15, -0.1) is 0 Å². The van der Waals surface area contributed by atoms with Crippen LogP contribution in [0.3, 0.4) is 0 Å². The highest BCUT2D eigenvalue weighted by molar-refractivity contribution is 5.81. The third-order valence-electron chi connectivity index (χ3n) is 3.29. The van der Waals surface area contributed by atoms with Crippen molar-refractivity contribution in [1.82, 2.24) is 10.6 Å². The fourth-order valence-electron chi connectivity index (χ4n) is 1.98. The molecule has 1 aliphatic heterocycles. The molecule has 1 atom stereocenters. The Hall–Kier alpha value is -1.42. The third-order valence-corrected chi connectivity index (χ3v) is 3.29. The molecular weight excluding hydrogens is 291 g/mol. The molecule has 4 heteroatoms. The normalized spacial score (nSPS) is 17.1. The molecule has 3 nitrogen and oxygen atoms in total. The van der Waals surface area contributed by atoms with Crippen LogP contribution in [0, 0.1) is 18.2 Å². The first-order chi connectivity index (χ1) is 10.8. The lowest BCUT2D eigenvalue weighted by Crippen LogP contribution is -2.48. The van der Waals surface area contributed by atoms with Crippen molar-refractivity contribution in [1.29, 1.82) is 0 Å². The maximum absolute atomic E-state index is 12.2. The van der Waals surface area contributed by atoms with Gasteiger partial charge < -0.3 is 10.6 Å². The van der Waals surface area contributed by atoms with Gasteiger partial charge in [-0.2, -0.15) is 0 Å². The predicted molar refractivity (Wildman–Crippen MR) is 96.0 cm³/mol. The summed E-state index contributed by atoms with van der Waals surface area (Å²) in [6, 6.07) is 6.83. The molecule has 1 amide bonds. The molecule has 0 radical (unpaired) electrons. The van der Waals surface area contributed by atoms with E-state index in [0.29, 0.717) is 6.04 Å². The number of rotatable bonds is 1. The highest BCUT2D eigenvalue weighted by Crippen LogP contribution is 2.14. The van der Waals surface area contributed by atoms with Gasteiger partial charge in [0.25, 0.3) is 0 Å². The molecular formula is C19H33FN2O. The van der Waals surface area contributed by atoms with Crippen LogP contribution in [0.25, 0.3) is 0 Å². The fourth-order valence-corrected chi connectivity index (χ4v) is 1.98. The van der Waals surface area contributed by atoms with E-state index in [1.165, 1.54) is 12.1 Å². The highest BCUT2D eigenvalue weighted by Gasteiger charge is 2.24. The topological polar surface area (TPSA) is 41.1 Å². The molecule has 1 heterocycles. The lowest BCUT2D eigenvalue weighted by atomic mass is 9.94. The van der Waals surface area contributed by atoms with Crippen molar-refractivity contribution in [2.75, 3.05) is 13.1 Å². The average Bonchev–Trinajstić information content (AvgIpc) is 2.50. The van der Waals surface area contributed by atoms with Gasteiger partial charge in [0.1, 0.15) is 5.82 Å². The zero-order valence-electron chi connectivity index (χ0n) is 15.5. The van der Waals surface area contributed by atoms with Gasteiger partial charge in [-0.1, -0.05) is 46.8 Å². The number of benzene rings is 1. The molecule has 23 heavy (non-hydrogen) atoms. The quantitative estimate of drug-likeness (QED) is 0.818. The van der Waals surface area contributed by atoms with Crippen LogP contribution >= 0.6 is 0 Å². The minimum absolute atomic E-state index is 0.154. The monoisotopic (exact) mass is 324 g/mol. The van der Waals surface area contributed by atoms with E-state index >= 15 is 0 Å². The van der Waals surface area contributed by atoms with Crippen LogP contribution in [0.5, 0.6) is 0 Å². The number of amides is 1. The van der Waals surface area contributed by atoms with Crippen molar-refractivity contribution in [2.24, 2.45) is 5.41 Å². The van der Waals surface area contributed by atoms with Gasteiger partial charge in [0, 0.05) is 18.0 Å². The Labute approximate surface area is 141 Å². The molecule has 0 spiro atoms. The first kappa shape index (κ1) is 21.6. The van der Waals surface area contributed by atoms with Crippen molar-refractivity contribution in [3.63, 3.8) is 0 Å². The van der Waals surface area contributed by atoms with E-state index in [1.54, 1.807) is 6.07 Å². The number of nitrogens with one attached hydrogen (secondary N) is 2. The van der Waals surface area contributed by atoms with Crippen LogP contribution in [0.4, 0.5) is 4.39 Å². The number of hydrogen-bond donors (Lipinski definition) is 2. The van der Waals surface area contributed by atoms with Crippen LogP contribution in [0.1, 0.15) is 53.0 Å². The molecule has 1 unspecified atom stereocenters. The van der Waals surface area contributed by atoms with Gasteiger partial charge in [0.15, 0.2) is 0 Å². The van der Waals surface area contributed by atoms with Crippen molar-refractivity contribution in [3.8, 4) is 0 Å². The van der Waals surface area contributed by atoms with Crippen molar-refractivity contribution in [2.45, 2.75) is 60.4 Å². The molecule has 0 aromatic heterocycles. The molecule has 2 N–H and O–H groups in total. The molecule has 0 saturated carbocycles. The van der Waals surface area contributed by atoms with E-state index in [2.05, 4.69) is 10.6 Å². The summed E-state index contributed by atoms with van der Waals surface area (Å²) in [4.78, 5) is 11.6. The van der Waals surface area contributed by atoms with Gasteiger partial charge in [0.2, 0.25) is 5.91 Å². The van der Waals surface area contributed by atoms with E-state index in [0.717, 1.165) is 31.5 Å². The maximum atomic E-state index is 12.2. The van der Waals surface area contributed by atoms with Crippen LogP contribution in [-0.2, 0) is 4.79 Å². The van der Waals surface area contributed by atoms with Crippen LogP contribution in [0.15, 0.2) is 24.3 Å². The number of carbonyl (C=O) groups is 1. The lowest BCUT2D eigenvalue weighted by Gasteiger charge is -2.27. The molecule has 1 aromatic carbocycles. The van der Waals surface area contributed by atoms with E-state index in [1.807, 2.05) is 47.6 Å². The van der Waals surface area contributed by atoms with Crippen LogP contribution in [0.2, 0.25) is 0 Å². The van der Waals surface area contributed by atoms with E-state index < -0.39 is 0 Å². The van der Waals surface area contributed by atoms with Gasteiger partial charge >= 0.3 is 0 Å². The Morgan fingerprint density at radius 3 is 2.35 bits per heavy atom. The average molecular weight is 324 g/mol. The van der Waals surface area contributed by atoms with Gasteiger partial charge in [0.05, 0.1) is 0 Å². The summed E-state index contributed by atoms with van der Waals surface area (Å²) in [6.07, 6.45) is 2.27. The summed E-state index contributed by atoms with van der Waals surface area (Å²) in [7, 11) is 0. The summed E-state index contributed by atoms with van der Waals surface area (Å²) in [5.74, 6) is -0.00815. The molecule has 1 aromatic rings. The number of carbonyl (C=O) groups excluding carboxylic acids is 1. The highest BCUT2D eigenvalue weighted by atomic mass is 19.1. The van der Waals surface area contributed by atoms with Crippen LogP contribution in [-0.4, -0.2) is 25.0 Å². The fraction of sp³-hybridized carbons (Fsp3) is 0.632. The number of aryl methyl sites for hydroxylation is 1. The zero-order chi connectivity index (χ0) is 17.9. The lowest BCUT2D eigenvalue weighted by molar-refractivity contribution is -0.129. The van der Waals surface area contributed by atoms with E-state index in [-0.39, 0.29) is 17.1 Å². The summed E-state index contributed by atoms with van der Waals surface area (Å²) in [6.45, 7) is 13.7. The Balaban J connectivity index is 0.000000414. The molecule has 132 valence electrons. The van der Waals surface area contributed by atoms with Crippen molar-refractivity contribution in [3.05, 3.63) is 35.6 Å². The number of hydrogen-bond acceptors (Lipinski definition) is 2. The second kappa shape index (κ2) is 11.2.